The average molecular weight is 234 g/mol. The van der Waals surface area contributed by atoms with Crippen molar-refractivity contribution in [2.75, 3.05) is 0 Å². The Morgan fingerprint density at radius 2 is 2.25 bits per heavy atom. The minimum Gasteiger partial charge on any atom is -0.316 e. The topological polar surface area (TPSA) is 32.3 Å². The summed E-state index contributed by atoms with van der Waals surface area (Å²) in [7, 11) is 0. The standard InChI is InChI=1S/C8H9BrFNO/c1-5-2-6(4-11-12)3-7(9)8(5)10/h2-3,11-12H,4H2,1H3. The molecule has 0 saturated carbocycles. The first-order chi connectivity index (χ1) is 5.65. The lowest BCUT2D eigenvalue weighted by Crippen LogP contribution is -2.06. The van der Waals surface area contributed by atoms with Gasteiger partial charge in [-0.3, -0.25) is 0 Å². The summed E-state index contributed by atoms with van der Waals surface area (Å²) in [5, 5.41) is 8.41. The molecule has 2 N–H and O–H groups in total. The fourth-order valence-corrected chi connectivity index (χ4v) is 1.60. The van der Waals surface area contributed by atoms with Gasteiger partial charge in [-0.15, -0.1) is 0 Å². The number of aryl methyl sites for hydroxylation is 1. The molecule has 4 heteroatoms. The molecular formula is C8H9BrFNO. The van der Waals surface area contributed by atoms with Crippen LogP contribution in [-0.2, 0) is 6.54 Å². The van der Waals surface area contributed by atoms with Gasteiger partial charge in [0, 0.05) is 6.54 Å². The van der Waals surface area contributed by atoms with Crippen LogP contribution in [0.5, 0.6) is 0 Å². The van der Waals surface area contributed by atoms with Crippen molar-refractivity contribution in [3.8, 4) is 0 Å². The summed E-state index contributed by atoms with van der Waals surface area (Å²) < 4.78 is 13.4. The van der Waals surface area contributed by atoms with E-state index in [1.54, 1.807) is 19.1 Å². The number of hydroxylamine groups is 1. The Morgan fingerprint density at radius 1 is 1.58 bits per heavy atom. The molecule has 0 aliphatic rings. The van der Waals surface area contributed by atoms with Crippen LogP contribution in [0.4, 0.5) is 4.39 Å². The molecule has 1 aromatic rings. The summed E-state index contributed by atoms with van der Waals surface area (Å²) in [5.74, 6) is -0.253. The first-order valence-electron chi connectivity index (χ1n) is 3.46. The van der Waals surface area contributed by atoms with Gasteiger partial charge in [0.25, 0.3) is 0 Å². The molecule has 0 bridgehead atoms. The van der Waals surface area contributed by atoms with Crippen LogP contribution in [0, 0.1) is 12.7 Å². The molecule has 0 aliphatic carbocycles. The van der Waals surface area contributed by atoms with Crippen molar-refractivity contribution in [1.29, 1.82) is 0 Å². The number of hydrogen-bond acceptors (Lipinski definition) is 2. The minimum atomic E-state index is -0.253. The van der Waals surface area contributed by atoms with Crippen LogP contribution in [0.1, 0.15) is 11.1 Å². The molecule has 0 amide bonds. The zero-order valence-electron chi connectivity index (χ0n) is 6.56. The lowest BCUT2D eigenvalue weighted by atomic mass is 10.1. The quantitative estimate of drug-likeness (QED) is 0.770. The maximum Gasteiger partial charge on any atom is 0.140 e. The van der Waals surface area contributed by atoms with E-state index in [-0.39, 0.29) is 5.82 Å². The third-order valence-electron chi connectivity index (χ3n) is 1.55. The van der Waals surface area contributed by atoms with Gasteiger partial charge in [-0.1, -0.05) is 6.07 Å². The van der Waals surface area contributed by atoms with E-state index in [0.717, 1.165) is 5.56 Å². The highest BCUT2D eigenvalue weighted by atomic mass is 79.9. The van der Waals surface area contributed by atoms with E-state index in [1.165, 1.54) is 0 Å². The molecule has 1 rings (SSSR count). The molecule has 0 saturated heterocycles. The van der Waals surface area contributed by atoms with E-state index < -0.39 is 0 Å². The first-order valence-corrected chi connectivity index (χ1v) is 4.26. The highest BCUT2D eigenvalue weighted by Crippen LogP contribution is 2.20. The predicted octanol–water partition coefficient (Wildman–Crippen LogP) is 2.38. The fourth-order valence-electron chi connectivity index (χ4n) is 0.991. The summed E-state index contributed by atoms with van der Waals surface area (Å²) in [6.07, 6.45) is 0. The van der Waals surface area contributed by atoms with E-state index in [0.29, 0.717) is 16.6 Å². The molecule has 2 nitrogen and oxygen atoms in total. The molecular weight excluding hydrogens is 225 g/mol. The Bertz CT molecular complexity index is 267. The Balaban J connectivity index is 3.04. The molecule has 1 aromatic carbocycles. The summed E-state index contributed by atoms with van der Waals surface area (Å²) in [5.41, 5.74) is 3.42. The van der Waals surface area contributed by atoms with Gasteiger partial charge in [-0.05, 0) is 40.0 Å². The molecule has 0 aliphatic heterocycles. The highest BCUT2D eigenvalue weighted by Gasteiger charge is 2.04. The van der Waals surface area contributed by atoms with Gasteiger partial charge in [0.1, 0.15) is 5.82 Å². The maximum atomic E-state index is 13.0. The SMILES string of the molecule is Cc1cc(CNO)cc(Br)c1F. The van der Waals surface area contributed by atoms with Gasteiger partial charge in [0.15, 0.2) is 0 Å². The molecule has 0 atom stereocenters. The van der Waals surface area contributed by atoms with Gasteiger partial charge in [-0.2, -0.15) is 0 Å². The van der Waals surface area contributed by atoms with Crippen LogP contribution in [-0.4, -0.2) is 5.21 Å². The number of rotatable bonds is 2. The minimum absolute atomic E-state index is 0.253. The maximum absolute atomic E-state index is 13.0. The van der Waals surface area contributed by atoms with Crippen molar-refractivity contribution in [2.24, 2.45) is 0 Å². The average Bonchev–Trinajstić information content (AvgIpc) is 2.01. The van der Waals surface area contributed by atoms with Crippen molar-refractivity contribution in [2.45, 2.75) is 13.5 Å². The lowest BCUT2D eigenvalue weighted by Gasteiger charge is -2.04. The van der Waals surface area contributed by atoms with Gasteiger partial charge in [0.05, 0.1) is 4.47 Å². The van der Waals surface area contributed by atoms with E-state index >= 15 is 0 Å². The summed E-state index contributed by atoms with van der Waals surface area (Å²) in [6, 6.07) is 3.31. The first kappa shape index (κ1) is 9.64. The second-order valence-corrected chi connectivity index (χ2v) is 3.40. The van der Waals surface area contributed by atoms with E-state index in [1.807, 2.05) is 5.48 Å². The van der Waals surface area contributed by atoms with Crippen molar-refractivity contribution in [3.05, 3.63) is 33.5 Å². The fraction of sp³-hybridized carbons (Fsp3) is 0.250. The van der Waals surface area contributed by atoms with Crippen molar-refractivity contribution in [3.63, 3.8) is 0 Å². The second kappa shape index (κ2) is 3.98. The Hall–Kier alpha value is -0.450. The summed E-state index contributed by atoms with van der Waals surface area (Å²) >= 11 is 3.08. The molecule has 66 valence electrons. The molecule has 12 heavy (non-hydrogen) atoms. The highest BCUT2D eigenvalue weighted by molar-refractivity contribution is 9.10. The van der Waals surface area contributed by atoms with Crippen LogP contribution in [0.2, 0.25) is 0 Å². The van der Waals surface area contributed by atoms with Crippen LogP contribution >= 0.6 is 15.9 Å². The number of halogens is 2. The third kappa shape index (κ3) is 2.03. The van der Waals surface area contributed by atoms with E-state index in [4.69, 9.17) is 5.21 Å². The van der Waals surface area contributed by atoms with Crippen LogP contribution in [0.3, 0.4) is 0 Å². The van der Waals surface area contributed by atoms with Gasteiger partial charge in [0.2, 0.25) is 0 Å². The normalized spacial score (nSPS) is 10.3. The zero-order chi connectivity index (χ0) is 9.14. The van der Waals surface area contributed by atoms with Gasteiger partial charge in [-0.25, -0.2) is 9.87 Å². The molecule has 0 spiro atoms. The lowest BCUT2D eigenvalue weighted by molar-refractivity contribution is 0.161. The second-order valence-electron chi connectivity index (χ2n) is 2.54. The Morgan fingerprint density at radius 3 is 2.75 bits per heavy atom. The molecule has 0 fully saturated rings. The van der Waals surface area contributed by atoms with Crippen molar-refractivity contribution in [1.82, 2.24) is 5.48 Å². The van der Waals surface area contributed by atoms with Crippen LogP contribution < -0.4 is 5.48 Å². The predicted molar refractivity (Wildman–Crippen MR) is 47.5 cm³/mol. The van der Waals surface area contributed by atoms with Gasteiger partial charge >= 0.3 is 0 Å². The number of benzene rings is 1. The molecule has 0 heterocycles. The Kier molecular flexibility index (Phi) is 3.20. The van der Waals surface area contributed by atoms with E-state index in [2.05, 4.69) is 15.9 Å². The largest absolute Gasteiger partial charge is 0.316 e. The van der Waals surface area contributed by atoms with Crippen LogP contribution in [0.25, 0.3) is 0 Å². The van der Waals surface area contributed by atoms with E-state index in [9.17, 15) is 4.39 Å². The van der Waals surface area contributed by atoms with Crippen molar-refractivity contribution >= 4 is 15.9 Å². The molecule has 0 unspecified atom stereocenters. The van der Waals surface area contributed by atoms with Gasteiger partial charge < -0.3 is 5.21 Å². The summed E-state index contributed by atoms with van der Waals surface area (Å²) in [6.45, 7) is 2.00. The number of hydrogen-bond donors (Lipinski definition) is 2. The van der Waals surface area contributed by atoms with Crippen molar-refractivity contribution < 1.29 is 9.60 Å². The zero-order valence-corrected chi connectivity index (χ0v) is 8.15. The van der Waals surface area contributed by atoms with Crippen LogP contribution in [0.15, 0.2) is 16.6 Å². The summed E-state index contributed by atoms with van der Waals surface area (Å²) in [4.78, 5) is 0. The Labute approximate surface area is 78.5 Å². The third-order valence-corrected chi connectivity index (χ3v) is 2.13. The number of nitrogens with one attached hydrogen (secondary N) is 1. The smallest absolute Gasteiger partial charge is 0.140 e. The molecule has 0 radical (unpaired) electrons. The molecule has 0 aromatic heterocycles. The monoisotopic (exact) mass is 233 g/mol.